The molecule has 0 spiro atoms. The third kappa shape index (κ3) is 3.03. The van der Waals surface area contributed by atoms with Gasteiger partial charge in [-0.2, -0.15) is 0 Å². The van der Waals surface area contributed by atoms with E-state index in [0.717, 1.165) is 21.2 Å². The lowest BCUT2D eigenvalue weighted by Crippen LogP contribution is -1.96. The van der Waals surface area contributed by atoms with Gasteiger partial charge in [0.25, 0.3) is 0 Å². The van der Waals surface area contributed by atoms with Crippen LogP contribution in [0.5, 0.6) is 0 Å². The molecular formula is C14H10BrCl3. The Labute approximate surface area is 130 Å². The van der Waals surface area contributed by atoms with Gasteiger partial charge in [-0.3, -0.25) is 0 Å². The van der Waals surface area contributed by atoms with Gasteiger partial charge in [0.05, 0.1) is 15.4 Å². The van der Waals surface area contributed by atoms with Crippen molar-refractivity contribution in [3.8, 4) is 0 Å². The molecule has 0 saturated heterocycles. The van der Waals surface area contributed by atoms with Crippen LogP contribution in [0, 0.1) is 6.92 Å². The minimum Gasteiger partial charge on any atom is -0.113 e. The fraction of sp³-hybridized carbons (Fsp3) is 0.143. The summed E-state index contributed by atoms with van der Waals surface area (Å²) in [7, 11) is 0. The van der Waals surface area contributed by atoms with E-state index in [2.05, 4.69) is 15.9 Å². The zero-order chi connectivity index (χ0) is 13.3. The van der Waals surface area contributed by atoms with E-state index in [1.165, 1.54) is 0 Å². The van der Waals surface area contributed by atoms with Crippen molar-refractivity contribution in [1.29, 1.82) is 0 Å². The van der Waals surface area contributed by atoms with Gasteiger partial charge < -0.3 is 0 Å². The van der Waals surface area contributed by atoms with E-state index in [1.54, 1.807) is 6.07 Å². The minimum absolute atomic E-state index is 0.239. The van der Waals surface area contributed by atoms with E-state index in [0.29, 0.717) is 10.0 Å². The molecule has 0 aliphatic rings. The van der Waals surface area contributed by atoms with Crippen LogP contribution < -0.4 is 0 Å². The van der Waals surface area contributed by atoms with E-state index in [4.69, 9.17) is 34.8 Å². The Morgan fingerprint density at radius 2 is 1.72 bits per heavy atom. The van der Waals surface area contributed by atoms with Crippen molar-refractivity contribution in [3.63, 3.8) is 0 Å². The van der Waals surface area contributed by atoms with Crippen molar-refractivity contribution >= 4 is 50.7 Å². The standard InChI is InChI=1S/C14H10BrCl3/c1-8-2-4-10(15)7-11(8)14(18)9-3-5-12(16)13(17)6-9/h2-7,14H,1H3. The Bertz CT molecular complexity index is 581. The van der Waals surface area contributed by atoms with Gasteiger partial charge in [0, 0.05) is 4.47 Å². The van der Waals surface area contributed by atoms with Crippen LogP contribution in [0.3, 0.4) is 0 Å². The van der Waals surface area contributed by atoms with E-state index in [9.17, 15) is 0 Å². The molecule has 1 unspecified atom stereocenters. The highest BCUT2D eigenvalue weighted by Crippen LogP contribution is 2.35. The summed E-state index contributed by atoms with van der Waals surface area (Å²) in [5.41, 5.74) is 3.14. The second kappa shape index (κ2) is 5.83. The average molecular weight is 364 g/mol. The van der Waals surface area contributed by atoms with Crippen LogP contribution >= 0.6 is 50.7 Å². The van der Waals surface area contributed by atoms with E-state index < -0.39 is 0 Å². The lowest BCUT2D eigenvalue weighted by Gasteiger charge is -2.14. The molecule has 2 rings (SSSR count). The Morgan fingerprint density at radius 1 is 1.00 bits per heavy atom. The molecule has 4 heteroatoms. The fourth-order valence-corrected chi connectivity index (χ4v) is 2.79. The Kier molecular flexibility index (Phi) is 4.60. The van der Waals surface area contributed by atoms with Crippen molar-refractivity contribution in [1.82, 2.24) is 0 Å². The quantitative estimate of drug-likeness (QED) is 0.541. The second-order valence-electron chi connectivity index (χ2n) is 4.04. The molecule has 0 aromatic heterocycles. The monoisotopic (exact) mass is 362 g/mol. The highest BCUT2D eigenvalue weighted by atomic mass is 79.9. The van der Waals surface area contributed by atoms with E-state index in [1.807, 2.05) is 37.3 Å². The SMILES string of the molecule is Cc1ccc(Br)cc1C(Cl)c1ccc(Cl)c(Cl)c1. The van der Waals surface area contributed by atoms with Gasteiger partial charge in [-0.25, -0.2) is 0 Å². The lowest BCUT2D eigenvalue weighted by molar-refractivity contribution is 1.11. The number of alkyl halides is 1. The first-order valence-electron chi connectivity index (χ1n) is 5.34. The maximum atomic E-state index is 6.51. The van der Waals surface area contributed by atoms with Gasteiger partial charge in [-0.05, 0) is 47.9 Å². The van der Waals surface area contributed by atoms with Gasteiger partial charge in [0.1, 0.15) is 0 Å². The summed E-state index contributed by atoms with van der Waals surface area (Å²) in [6.07, 6.45) is 0. The maximum Gasteiger partial charge on any atom is 0.0838 e. The first-order chi connectivity index (χ1) is 8.49. The molecule has 0 fully saturated rings. The molecule has 0 radical (unpaired) electrons. The summed E-state index contributed by atoms with van der Waals surface area (Å²) in [6.45, 7) is 2.04. The largest absolute Gasteiger partial charge is 0.113 e. The molecule has 1 atom stereocenters. The molecule has 2 aromatic rings. The van der Waals surface area contributed by atoms with Gasteiger partial charge in [0.15, 0.2) is 0 Å². The zero-order valence-corrected chi connectivity index (χ0v) is 13.4. The number of benzene rings is 2. The second-order valence-corrected chi connectivity index (χ2v) is 6.20. The number of hydrogen-bond donors (Lipinski definition) is 0. The van der Waals surface area contributed by atoms with E-state index >= 15 is 0 Å². The summed E-state index contributed by atoms with van der Waals surface area (Å²) in [5, 5.41) is 0.819. The predicted molar refractivity (Wildman–Crippen MR) is 83.0 cm³/mol. The molecular weight excluding hydrogens is 354 g/mol. The van der Waals surface area contributed by atoms with Crippen LogP contribution in [0.1, 0.15) is 22.1 Å². The Balaban J connectivity index is 2.44. The number of rotatable bonds is 2. The molecule has 94 valence electrons. The topological polar surface area (TPSA) is 0 Å². The molecule has 18 heavy (non-hydrogen) atoms. The average Bonchev–Trinajstić information content (AvgIpc) is 2.35. The van der Waals surface area contributed by atoms with Gasteiger partial charge in [-0.1, -0.05) is 51.3 Å². The van der Waals surface area contributed by atoms with Gasteiger partial charge in [0.2, 0.25) is 0 Å². The summed E-state index contributed by atoms with van der Waals surface area (Å²) < 4.78 is 1.01. The molecule has 0 N–H and O–H groups in total. The summed E-state index contributed by atoms with van der Waals surface area (Å²) >= 11 is 21.9. The number of halogens is 4. The van der Waals surface area contributed by atoms with Crippen molar-refractivity contribution in [2.24, 2.45) is 0 Å². The molecule has 0 heterocycles. The normalized spacial score (nSPS) is 12.5. The molecule has 0 saturated carbocycles. The van der Waals surface area contributed by atoms with Crippen LogP contribution in [0.4, 0.5) is 0 Å². The number of aryl methyl sites for hydroxylation is 1. The molecule has 0 amide bonds. The third-order valence-corrected chi connectivity index (χ3v) is 4.47. The van der Waals surface area contributed by atoms with Crippen molar-refractivity contribution in [2.45, 2.75) is 12.3 Å². The Morgan fingerprint density at radius 3 is 2.39 bits per heavy atom. The predicted octanol–water partition coefficient (Wildman–Crippen LogP) is 6.39. The molecule has 0 aliphatic carbocycles. The number of hydrogen-bond acceptors (Lipinski definition) is 0. The third-order valence-electron chi connectivity index (χ3n) is 2.75. The molecule has 0 nitrogen and oxygen atoms in total. The van der Waals surface area contributed by atoms with Crippen LogP contribution in [0.2, 0.25) is 10.0 Å². The Hall–Kier alpha value is -0.210. The first-order valence-corrected chi connectivity index (χ1v) is 7.32. The lowest BCUT2D eigenvalue weighted by atomic mass is 10.0. The van der Waals surface area contributed by atoms with Crippen LogP contribution in [0.25, 0.3) is 0 Å². The smallest absolute Gasteiger partial charge is 0.0838 e. The summed E-state index contributed by atoms with van der Waals surface area (Å²) in [5.74, 6) is 0. The highest BCUT2D eigenvalue weighted by molar-refractivity contribution is 9.10. The minimum atomic E-state index is -0.239. The van der Waals surface area contributed by atoms with Crippen molar-refractivity contribution < 1.29 is 0 Å². The van der Waals surface area contributed by atoms with Crippen LogP contribution in [0.15, 0.2) is 40.9 Å². The van der Waals surface area contributed by atoms with Gasteiger partial charge >= 0.3 is 0 Å². The fourth-order valence-electron chi connectivity index (χ4n) is 1.73. The van der Waals surface area contributed by atoms with Crippen molar-refractivity contribution in [3.05, 3.63) is 67.6 Å². The van der Waals surface area contributed by atoms with Gasteiger partial charge in [-0.15, -0.1) is 11.6 Å². The first kappa shape index (κ1) is 14.2. The van der Waals surface area contributed by atoms with Crippen LogP contribution in [-0.2, 0) is 0 Å². The molecule has 0 bridgehead atoms. The zero-order valence-electron chi connectivity index (χ0n) is 9.55. The highest BCUT2D eigenvalue weighted by Gasteiger charge is 2.14. The van der Waals surface area contributed by atoms with Crippen molar-refractivity contribution in [2.75, 3.05) is 0 Å². The summed E-state index contributed by atoms with van der Waals surface area (Å²) in [4.78, 5) is 0. The molecule has 0 aliphatic heterocycles. The summed E-state index contributed by atoms with van der Waals surface area (Å²) in [6, 6.07) is 11.5. The maximum absolute atomic E-state index is 6.51. The van der Waals surface area contributed by atoms with E-state index in [-0.39, 0.29) is 5.38 Å². The molecule has 2 aromatic carbocycles. The van der Waals surface area contributed by atoms with Crippen LogP contribution in [-0.4, -0.2) is 0 Å².